The van der Waals surface area contributed by atoms with Gasteiger partial charge in [-0.2, -0.15) is 21.0 Å². The molecule has 0 saturated heterocycles. The van der Waals surface area contributed by atoms with E-state index in [0.29, 0.717) is 22.5 Å². The van der Waals surface area contributed by atoms with E-state index >= 15 is 0 Å². The molecule has 10 rings (SSSR count). The molecule has 0 spiro atoms. The van der Waals surface area contributed by atoms with Crippen molar-refractivity contribution in [2.75, 3.05) is 0 Å². The number of nitrogens with zero attached hydrogens (tertiary/aromatic N) is 6. The normalized spacial score (nSPS) is 11.3. The van der Waals surface area contributed by atoms with Crippen LogP contribution < -0.4 is 0 Å². The lowest BCUT2D eigenvalue weighted by atomic mass is 9.92. The summed E-state index contributed by atoms with van der Waals surface area (Å²) in [5, 5.41) is 48.2. The second-order valence-corrected chi connectivity index (χ2v) is 12.9. The fourth-order valence-electron chi connectivity index (χ4n) is 8.14. The summed E-state index contributed by atoms with van der Waals surface area (Å²) in [5.41, 5.74) is 8.22. The molecule has 0 aliphatic heterocycles. The molecule has 242 valence electrons. The number of fused-ring (bicyclic) bond motifs is 10. The van der Waals surface area contributed by atoms with E-state index < -0.39 is 0 Å². The molecular weight excluding hydrogens is 653 g/mol. The van der Waals surface area contributed by atoms with Gasteiger partial charge in [-0.3, -0.25) is 0 Å². The SMILES string of the molecule is N#Cc1cc(C#N)c(-n2c3ccccc3c3ccccc32)c(-c2cc(C#N)cc(C#N)c2-n2c3ccccc3c3c4c(ccc32)oc2ccccc24)c1. The van der Waals surface area contributed by atoms with Crippen molar-refractivity contribution < 1.29 is 4.42 Å². The number of hydrogen-bond donors (Lipinski definition) is 0. The summed E-state index contributed by atoms with van der Waals surface area (Å²) >= 11 is 0. The first-order chi connectivity index (χ1) is 26.1. The van der Waals surface area contributed by atoms with Crippen molar-refractivity contribution in [3.8, 4) is 46.8 Å². The number of furan rings is 1. The lowest BCUT2D eigenvalue weighted by molar-refractivity contribution is 0.669. The van der Waals surface area contributed by atoms with Gasteiger partial charge in [0.2, 0.25) is 0 Å². The monoisotopic (exact) mass is 674 g/mol. The Morgan fingerprint density at radius 1 is 0.396 bits per heavy atom. The third-order valence-corrected chi connectivity index (χ3v) is 10.2. The fraction of sp³-hybridized carbons (Fsp3) is 0. The lowest BCUT2D eigenvalue weighted by Gasteiger charge is -2.21. The maximum atomic E-state index is 10.9. The second-order valence-electron chi connectivity index (χ2n) is 12.9. The molecular formula is C46H22N6O. The van der Waals surface area contributed by atoms with Crippen LogP contribution in [0.5, 0.6) is 0 Å². The van der Waals surface area contributed by atoms with Gasteiger partial charge in [0.1, 0.15) is 23.3 Å². The van der Waals surface area contributed by atoms with Gasteiger partial charge in [0.25, 0.3) is 0 Å². The van der Waals surface area contributed by atoms with E-state index in [2.05, 4.69) is 57.7 Å². The molecule has 0 aliphatic carbocycles. The minimum atomic E-state index is 0.271. The van der Waals surface area contributed by atoms with Crippen molar-refractivity contribution in [2.45, 2.75) is 0 Å². The van der Waals surface area contributed by atoms with Gasteiger partial charge in [-0.15, -0.1) is 0 Å². The molecule has 0 aliphatic rings. The smallest absolute Gasteiger partial charge is 0.136 e. The largest absolute Gasteiger partial charge is 0.456 e. The van der Waals surface area contributed by atoms with Crippen molar-refractivity contribution in [1.82, 2.24) is 9.13 Å². The molecule has 0 fully saturated rings. The molecule has 7 nitrogen and oxygen atoms in total. The molecule has 0 atom stereocenters. The minimum Gasteiger partial charge on any atom is -0.456 e. The Morgan fingerprint density at radius 3 is 1.42 bits per heavy atom. The highest BCUT2D eigenvalue weighted by atomic mass is 16.3. The van der Waals surface area contributed by atoms with E-state index in [1.807, 2.05) is 84.9 Å². The van der Waals surface area contributed by atoms with Crippen molar-refractivity contribution in [3.63, 3.8) is 0 Å². The summed E-state index contributed by atoms with van der Waals surface area (Å²) in [7, 11) is 0. The van der Waals surface area contributed by atoms with Gasteiger partial charge in [-0.25, -0.2) is 0 Å². The molecule has 7 aromatic carbocycles. The van der Waals surface area contributed by atoms with Gasteiger partial charge in [-0.05, 0) is 60.7 Å². The van der Waals surface area contributed by atoms with E-state index in [-0.39, 0.29) is 22.3 Å². The summed E-state index contributed by atoms with van der Waals surface area (Å²) in [6.45, 7) is 0. The Kier molecular flexibility index (Phi) is 6.30. The van der Waals surface area contributed by atoms with Crippen molar-refractivity contribution in [3.05, 3.63) is 156 Å². The number of benzene rings is 7. The number of nitriles is 4. The van der Waals surface area contributed by atoms with Crippen LogP contribution in [0.15, 0.2) is 138 Å². The third kappa shape index (κ3) is 4.11. The van der Waals surface area contributed by atoms with Crippen LogP contribution in [0.2, 0.25) is 0 Å². The van der Waals surface area contributed by atoms with E-state index in [1.54, 1.807) is 24.3 Å². The molecule has 0 amide bonds. The van der Waals surface area contributed by atoms with Crippen LogP contribution in [0, 0.1) is 45.3 Å². The summed E-state index contributed by atoms with van der Waals surface area (Å²) in [6.07, 6.45) is 0. The van der Waals surface area contributed by atoms with Crippen LogP contribution in [0.25, 0.3) is 88.1 Å². The Balaban J connectivity index is 1.42. The van der Waals surface area contributed by atoms with Gasteiger partial charge in [0, 0.05) is 43.4 Å². The van der Waals surface area contributed by atoms with Gasteiger partial charge in [0.05, 0.1) is 67.8 Å². The quantitative estimate of drug-likeness (QED) is 0.185. The van der Waals surface area contributed by atoms with Crippen LogP contribution in [0.4, 0.5) is 0 Å². The van der Waals surface area contributed by atoms with Crippen LogP contribution in [-0.2, 0) is 0 Å². The molecule has 0 radical (unpaired) electrons. The zero-order valence-corrected chi connectivity index (χ0v) is 27.8. The third-order valence-electron chi connectivity index (χ3n) is 10.2. The summed E-state index contributed by atoms with van der Waals surface area (Å²) < 4.78 is 10.4. The van der Waals surface area contributed by atoms with Gasteiger partial charge >= 0.3 is 0 Å². The number of aromatic nitrogens is 2. The molecule has 3 aromatic heterocycles. The zero-order chi connectivity index (χ0) is 35.8. The summed E-state index contributed by atoms with van der Waals surface area (Å²) in [4.78, 5) is 0. The maximum absolute atomic E-state index is 10.9. The Bertz CT molecular complexity index is 3350. The second kappa shape index (κ2) is 11.2. The van der Waals surface area contributed by atoms with Crippen LogP contribution >= 0.6 is 0 Å². The summed E-state index contributed by atoms with van der Waals surface area (Å²) in [5.74, 6) is 0. The predicted molar refractivity (Wildman–Crippen MR) is 207 cm³/mol. The number of hydrogen-bond acceptors (Lipinski definition) is 5. The molecule has 0 unspecified atom stereocenters. The van der Waals surface area contributed by atoms with Crippen molar-refractivity contribution in [1.29, 1.82) is 21.0 Å². The van der Waals surface area contributed by atoms with E-state index in [9.17, 15) is 21.0 Å². The van der Waals surface area contributed by atoms with Crippen LogP contribution in [0.3, 0.4) is 0 Å². The molecule has 0 saturated carbocycles. The Labute approximate surface area is 301 Å². The van der Waals surface area contributed by atoms with Crippen molar-refractivity contribution >= 4 is 65.6 Å². The van der Waals surface area contributed by atoms with Gasteiger partial charge in [-0.1, -0.05) is 72.8 Å². The first kappa shape index (κ1) is 29.8. The average Bonchev–Trinajstić information content (AvgIpc) is 3.87. The molecule has 0 bridgehead atoms. The van der Waals surface area contributed by atoms with Gasteiger partial charge in [0.15, 0.2) is 0 Å². The maximum Gasteiger partial charge on any atom is 0.136 e. The highest BCUT2D eigenvalue weighted by molar-refractivity contribution is 6.27. The molecule has 10 aromatic rings. The van der Waals surface area contributed by atoms with E-state index in [4.69, 9.17) is 4.42 Å². The molecule has 53 heavy (non-hydrogen) atoms. The Morgan fingerprint density at radius 2 is 0.868 bits per heavy atom. The van der Waals surface area contributed by atoms with E-state index in [1.165, 1.54) is 0 Å². The topological polar surface area (TPSA) is 118 Å². The molecule has 0 N–H and O–H groups in total. The van der Waals surface area contributed by atoms with Crippen LogP contribution in [0.1, 0.15) is 22.3 Å². The molecule has 7 heteroatoms. The van der Waals surface area contributed by atoms with Crippen LogP contribution in [-0.4, -0.2) is 9.13 Å². The summed E-state index contributed by atoms with van der Waals surface area (Å²) in [6, 6.07) is 52.0. The highest BCUT2D eigenvalue weighted by Gasteiger charge is 2.27. The fourth-order valence-corrected chi connectivity index (χ4v) is 8.14. The van der Waals surface area contributed by atoms with Crippen molar-refractivity contribution in [2.24, 2.45) is 0 Å². The Hall–Kier alpha value is -8.10. The standard InChI is InChI=1S/C46H22N6O/c47-23-27-19-29(25-49)45(51-37-13-5-1-9-31(37)32-10-2-6-14-38(32)51)35(21-27)36-22-28(24-48)20-30(26-50)46(36)52-39-15-7-3-11-33(39)43-40(52)17-18-42-44(43)34-12-4-8-16-41(34)53-42/h1-22H. The first-order valence-electron chi connectivity index (χ1n) is 16.9. The highest BCUT2D eigenvalue weighted by Crippen LogP contribution is 2.46. The first-order valence-corrected chi connectivity index (χ1v) is 16.9. The van der Waals surface area contributed by atoms with Gasteiger partial charge < -0.3 is 13.6 Å². The minimum absolute atomic E-state index is 0.271. The average molecular weight is 675 g/mol. The lowest BCUT2D eigenvalue weighted by Crippen LogP contribution is -2.06. The number of para-hydroxylation sites is 4. The molecule has 3 heterocycles. The zero-order valence-electron chi connectivity index (χ0n) is 27.8. The predicted octanol–water partition coefficient (Wildman–Crippen LogP) is 10.9. The number of rotatable bonds is 3. The van der Waals surface area contributed by atoms with E-state index in [0.717, 1.165) is 65.6 Å².